The van der Waals surface area contributed by atoms with Crippen LogP contribution in [-0.2, 0) is 16.1 Å². The van der Waals surface area contributed by atoms with Crippen LogP contribution in [-0.4, -0.2) is 46.3 Å². The Kier molecular flexibility index (Phi) is 5.67. The Morgan fingerprint density at radius 2 is 2.43 bits per heavy atom. The van der Waals surface area contributed by atoms with Crippen LogP contribution in [0.25, 0.3) is 0 Å². The first kappa shape index (κ1) is 15.4. The van der Waals surface area contributed by atoms with Crippen molar-refractivity contribution in [2.75, 3.05) is 13.1 Å². The second-order valence-electron chi connectivity index (χ2n) is 5.17. The van der Waals surface area contributed by atoms with Crippen molar-refractivity contribution < 1.29 is 14.6 Å². The third kappa shape index (κ3) is 4.81. The first-order valence-electron chi connectivity index (χ1n) is 7.05. The van der Waals surface area contributed by atoms with E-state index >= 15 is 0 Å². The molecule has 112 valence electrons. The molecule has 0 aromatic carbocycles. The molecule has 2 unspecified atom stereocenters. The van der Waals surface area contributed by atoms with Gasteiger partial charge in [0.05, 0.1) is 12.2 Å². The standard InChI is InChI=1S/C15H19N3O3/c16-6-2-8-18(10-12-3-1-7-17-9-12)11-13-4-5-14(21-13)15(19)20/h1,3,7,9,13-14H,2,4-5,8,10-11H2,(H,19,20). The Labute approximate surface area is 124 Å². The summed E-state index contributed by atoms with van der Waals surface area (Å²) < 4.78 is 5.53. The maximum atomic E-state index is 10.9. The number of hydrogen-bond acceptors (Lipinski definition) is 5. The Morgan fingerprint density at radius 1 is 1.57 bits per heavy atom. The van der Waals surface area contributed by atoms with Crippen LogP contribution in [0.1, 0.15) is 24.8 Å². The average Bonchev–Trinajstić information content (AvgIpc) is 2.94. The molecule has 0 amide bonds. The van der Waals surface area contributed by atoms with Gasteiger partial charge >= 0.3 is 5.97 Å². The minimum absolute atomic E-state index is 0.0820. The summed E-state index contributed by atoms with van der Waals surface area (Å²) in [6, 6.07) is 6.01. The van der Waals surface area contributed by atoms with Crippen molar-refractivity contribution in [1.29, 1.82) is 5.26 Å². The number of hydrogen-bond donors (Lipinski definition) is 1. The molecule has 6 heteroatoms. The zero-order valence-corrected chi connectivity index (χ0v) is 11.8. The molecule has 2 rings (SSSR count). The SMILES string of the molecule is N#CCCN(Cc1cccnc1)CC1CCC(C(=O)O)O1. The number of carboxylic acid groups (broad SMARTS) is 1. The van der Waals surface area contributed by atoms with Gasteiger partial charge in [-0.3, -0.25) is 9.88 Å². The van der Waals surface area contributed by atoms with Gasteiger partial charge in [0, 0.05) is 38.4 Å². The second kappa shape index (κ2) is 7.72. The molecule has 1 aliphatic rings. The van der Waals surface area contributed by atoms with Crippen LogP contribution in [0.3, 0.4) is 0 Å². The molecule has 1 aromatic heterocycles. The fourth-order valence-electron chi connectivity index (χ4n) is 2.50. The highest BCUT2D eigenvalue weighted by Crippen LogP contribution is 2.21. The molecule has 1 N–H and O–H groups in total. The molecule has 0 spiro atoms. The highest BCUT2D eigenvalue weighted by atomic mass is 16.5. The lowest BCUT2D eigenvalue weighted by Crippen LogP contribution is -2.33. The van der Waals surface area contributed by atoms with Crippen LogP contribution in [0.2, 0.25) is 0 Å². The molecule has 21 heavy (non-hydrogen) atoms. The first-order chi connectivity index (χ1) is 10.2. The maximum absolute atomic E-state index is 10.9. The molecule has 0 aliphatic carbocycles. The molecule has 1 saturated heterocycles. The number of aromatic nitrogens is 1. The van der Waals surface area contributed by atoms with Crippen LogP contribution in [0, 0.1) is 11.3 Å². The third-order valence-electron chi connectivity index (χ3n) is 3.51. The van der Waals surface area contributed by atoms with Gasteiger partial charge < -0.3 is 9.84 Å². The first-order valence-corrected chi connectivity index (χ1v) is 7.05. The van der Waals surface area contributed by atoms with E-state index in [4.69, 9.17) is 15.1 Å². The van der Waals surface area contributed by atoms with E-state index in [1.54, 1.807) is 12.4 Å². The third-order valence-corrected chi connectivity index (χ3v) is 3.51. The highest BCUT2D eigenvalue weighted by molar-refractivity contribution is 5.72. The summed E-state index contributed by atoms with van der Waals surface area (Å²) in [4.78, 5) is 17.1. The van der Waals surface area contributed by atoms with E-state index in [0.717, 1.165) is 12.0 Å². The van der Waals surface area contributed by atoms with Crippen LogP contribution < -0.4 is 0 Å². The van der Waals surface area contributed by atoms with E-state index < -0.39 is 12.1 Å². The molecule has 0 bridgehead atoms. The minimum Gasteiger partial charge on any atom is -0.479 e. The van der Waals surface area contributed by atoms with Gasteiger partial charge in [-0.05, 0) is 24.5 Å². The Morgan fingerprint density at radius 3 is 3.05 bits per heavy atom. The lowest BCUT2D eigenvalue weighted by Gasteiger charge is -2.24. The van der Waals surface area contributed by atoms with Gasteiger partial charge in [-0.2, -0.15) is 5.26 Å². The highest BCUT2D eigenvalue weighted by Gasteiger charge is 2.31. The van der Waals surface area contributed by atoms with E-state index in [1.807, 2.05) is 12.1 Å². The number of pyridine rings is 1. The largest absolute Gasteiger partial charge is 0.479 e. The number of nitriles is 1. The van der Waals surface area contributed by atoms with Gasteiger partial charge in [0.2, 0.25) is 0 Å². The second-order valence-corrected chi connectivity index (χ2v) is 5.17. The van der Waals surface area contributed by atoms with Crippen LogP contribution in [0.15, 0.2) is 24.5 Å². The van der Waals surface area contributed by atoms with Crippen LogP contribution in [0.5, 0.6) is 0 Å². The molecule has 6 nitrogen and oxygen atoms in total. The monoisotopic (exact) mass is 289 g/mol. The molecule has 2 atom stereocenters. The molecule has 0 saturated carbocycles. The lowest BCUT2D eigenvalue weighted by molar-refractivity contribution is -0.149. The molecular formula is C15H19N3O3. The summed E-state index contributed by atoms with van der Waals surface area (Å²) in [5, 5.41) is 17.7. The Balaban J connectivity index is 1.91. The summed E-state index contributed by atoms with van der Waals surface area (Å²) in [7, 11) is 0. The summed E-state index contributed by atoms with van der Waals surface area (Å²) in [5.41, 5.74) is 1.07. The molecule has 0 radical (unpaired) electrons. The average molecular weight is 289 g/mol. The Bertz CT molecular complexity index is 501. The van der Waals surface area contributed by atoms with Gasteiger partial charge in [0.25, 0.3) is 0 Å². The topological polar surface area (TPSA) is 86.5 Å². The predicted octanol–water partition coefficient (Wildman–Crippen LogP) is 1.43. The maximum Gasteiger partial charge on any atom is 0.332 e. The fourth-order valence-corrected chi connectivity index (χ4v) is 2.50. The van der Waals surface area contributed by atoms with Gasteiger partial charge in [-0.1, -0.05) is 6.07 Å². The summed E-state index contributed by atoms with van der Waals surface area (Å²) >= 11 is 0. The number of aliphatic carboxylic acids is 1. The number of ether oxygens (including phenoxy) is 1. The molecule has 1 aliphatic heterocycles. The van der Waals surface area contributed by atoms with E-state index in [9.17, 15) is 4.79 Å². The van der Waals surface area contributed by atoms with E-state index in [2.05, 4.69) is 16.0 Å². The number of carboxylic acids is 1. The van der Waals surface area contributed by atoms with Crippen molar-refractivity contribution in [2.45, 2.75) is 38.0 Å². The van der Waals surface area contributed by atoms with Crippen LogP contribution in [0.4, 0.5) is 0 Å². The quantitative estimate of drug-likeness (QED) is 0.817. The van der Waals surface area contributed by atoms with E-state index in [-0.39, 0.29) is 6.10 Å². The summed E-state index contributed by atoms with van der Waals surface area (Å²) in [6.07, 6.45) is 4.49. The van der Waals surface area contributed by atoms with Gasteiger partial charge in [0.1, 0.15) is 0 Å². The van der Waals surface area contributed by atoms with Crippen molar-refractivity contribution in [1.82, 2.24) is 9.88 Å². The van der Waals surface area contributed by atoms with Gasteiger partial charge in [-0.25, -0.2) is 4.79 Å². The van der Waals surface area contributed by atoms with E-state index in [1.165, 1.54) is 0 Å². The lowest BCUT2D eigenvalue weighted by atomic mass is 10.1. The predicted molar refractivity (Wildman–Crippen MR) is 75.3 cm³/mol. The minimum atomic E-state index is -0.895. The Hall–Kier alpha value is -1.97. The molecule has 2 heterocycles. The van der Waals surface area contributed by atoms with Gasteiger partial charge in [0.15, 0.2) is 6.10 Å². The van der Waals surface area contributed by atoms with Crippen molar-refractivity contribution >= 4 is 5.97 Å². The van der Waals surface area contributed by atoms with Crippen molar-refractivity contribution in [3.8, 4) is 6.07 Å². The number of rotatable bonds is 7. The zero-order chi connectivity index (χ0) is 15.1. The van der Waals surface area contributed by atoms with E-state index in [0.29, 0.717) is 32.5 Å². The normalized spacial score (nSPS) is 21.3. The van der Waals surface area contributed by atoms with Crippen molar-refractivity contribution in [3.63, 3.8) is 0 Å². The van der Waals surface area contributed by atoms with Crippen LogP contribution >= 0.6 is 0 Å². The summed E-state index contributed by atoms with van der Waals surface area (Å²) in [5.74, 6) is -0.895. The number of nitrogens with zero attached hydrogens (tertiary/aromatic N) is 3. The summed E-state index contributed by atoms with van der Waals surface area (Å²) in [6.45, 7) is 1.97. The molecule has 1 fully saturated rings. The molecule has 1 aromatic rings. The van der Waals surface area contributed by atoms with Gasteiger partial charge in [-0.15, -0.1) is 0 Å². The smallest absolute Gasteiger partial charge is 0.332 e. The van der Waals surface area contributed by atoms with Crippen molar-refractivity contribution in [2.24, 2.45) is 0 Å². The van der Waals surface area contributed by atoms with Crippen molar-refractivity contribution in [3.05, 3.63) is 30.1 Å². The number of carbonyl (C=O) groups is 1. The fraction of sp³-hybridized carbons (Fsp3) is 0.533. The zero-order valence-electron chi connectivity index (χ0n) is 11.8. The molecular weight excluding hydrogens is 270 g/mol.